The van der Waals surface area contributed by atoms with E-state index in [0.29, 0.717) is 13.1 Å². The summed E-state index contributed by atoms with van der Waals surface area (Å²) in [5, 5.41) is 12.0. The van der Waals surface area contributed by atoms with Crippen LogP contribution in [-0.4, -0.2) is 29.2 Å². The predicted molar refractivity (Wildman–Crippen MR) is 120 cm³/mol. The first kappa shape index (κ1) is 20.1. The van der Waals surface area contributed by atoms with Crippen LogP contribution in [-0.2, 0) is 11.3 Å². The van der Waals surface area contributed by atoms with Crippen molar-refractivity contribution >= 4 is 11.7 Å². The highest BCUT2D eigenvalue weighted by Crippen LogP contribution is 2.24. The molecule has 3 aromatic rings. The van der Waals surface area contributed by atoms with Crippen LogP contribution in [0, 0.1) is 19.8 Å². The standard InChI is InChI=1S/C25H28N4O/c1-18-8-10-20(11-9-18)16-26-25(30)22-7-4-14-29(17-22)24-13-12-23(27-28-24)21-6-3-5-19(2)15-21/h3,5-6,8-13,15,22H,4,7,14,16-17H2,1-2H3,(H,26,30)/t22-/m1/s1. The van der Waals surface area contributed by atoms with Crippen molar-refractivity contribution in [2.24, 2.45) is 5.92 Å². The summed E-state index contributed by atoms with van der Waals surface area (Å²) in [5.41, 5.74) is 5.49. The van der Waals surface area contributed by atoms with Crippen LogP contribution >= 0.6 is 0 Å². The van der Waals surface area contributed by atoms with Gasteiger partial charge >= 0.3 is 0 Å². The van der Waals surface area contributed by atoms with E-state index in [1.165, 1.54) is 11.1 Å². The molecule has 0 radical (unpaired) electrons. The van der Waals surface area contributed by atoms with Crippen LogP contribution in [0.1, 0.15) is 29.5 Å². The Kier molecular flexibility index (Phi) is 6.07. The lowest BCUT2D eigenvalue weighted by Gasteiger charge is -2.32. The first-order chi connectivity index (χ1) is 14.6. The first-order valence-corrected chi connectivity index (χ1v) is 10.6. The highest BCUT2D eigenvalue weighted by Gasteiger charge is 2.26. The fourth-order valence-electron chi connectivity index (χ4n) is 3.89. The van der Waals surface area contributed by atoms with Crippen molar-refractivity contribution < 1.29 is 4.79 Å². The molecule has 2 aromatic carbocycles. The van der Waals surface area contributed by atoms with Gasteiger partial charge in [0.2, 0.25) is 5.91 Å². The van der Waals surface area contributed by atoms with Gasteiger partial charge in [0, 0.05) is 25.2 Å². The molecule has 154 valence electrons. The van der Waals surface area contributed by atoms with Gasteiger partial charge in [-0.05, 0) is 50.5 Å². The summed E-state index contributed by atoms with van der Waals surface area (Å²) in [7, 11) is 0. The number of carbonyl (C=O) groups excluding carboxylic acids is 1. The Morgan fingerprint density at radius 3 is 2.60 bits per heavy atom. The highest BCUT2D eigenvalue weighted by atomic mass is 16.1. The third-order valence-corrected chi connectivity index (χ3v) is 5.67. The molecule has 2 heterocycles. The second kappa shape index (κ2) is 9.08. The second-order valence-electron chi connectivity index (χ2n) is 8.13. The number of hydrogen-bond acceptors (Lipinski definition) is 4. The average molecular weight is 401 g/mol. The molecule has 5 nitrogen and oxygen atoms in total. The van der Waals surface area contributed by atoms with E-state index in [1.807, 2.05) is 24.3 Å². The SMILES string of the molecule is Cc1ccc(CNC(=O)[C@@H]2CCCN(c3ccc(-c4cccc(C)c4)nn3)C2)cc1. The number of piperidine rings is 1. The molecule has 4 rings (SSSR count). The van der Waals surface area contributed by atoms with Crippen molar-refractivity contribution in [1.29, 1.82) is 0 Å². The fraction of sp³-hybridized carbons (Fsp3) is 0.320. The molecule has 1 fully saturated rings. The second-order valence-corrected chi connectivity index (χ2v) is 8.13. The lowest BCUT2D eigenvalue weighted by Crippen LogP contribution is -2.43. The number of aryl methyl sites for hydroxylation is 2. The predicted octanol–water partition coefficient (Wildman–Crippen LogP) is 4.29. The van der Waals surface area contributed by atoms with E-state index in [9.17, 15) is 4.79 Å². The molecule has 0 spiro atoms. The summed E-state index contributed by atoms with van der Waals surface area (Å²) >= 11 is 0. The number of anilines is 1. The summed E-state index contributed by atoms with van der Waals surface area (Å²) in [6.45, 7) is 6.29. The Balaban J connectivity index is 1.37. The minimum atomic E-state index is -0.0255. The third kappa shape index (κ3) is 4.85. The zero-order chi connectivity index (χ0) is 20.9. The van der Waals surface area contributed by atoms with Gasteiger partial charge in [-0.25, -0.2) is 0 Å². The Bertz CT molecular complexity index is 998. The van der Waals surface area contributed by atoms with E-state index in [4.69, 9.17) is 0 Å². The summed E-state index contributed by atoms with van der Waals surface area (Å²) in [6.07, 6.45) is 1.88. The lowest BCUT2D eigenvalue weighted by atomic mass is 9.97. The van der Waals surface area contributed by atoms with Crippen LogP contribution in [0.5, 0.6) is 0 Å². The van der Waals surface area contributed by atoms with Crippen molar-refractivity contribution in [3.05, 3.63) is 77.4 Å². The molecule has 1 atom stereocenters. The molecule has 0 saturated carbocycles. The van der Waals surface area contributed by atoms with Crippen molar-refractivity contribution in [1.82, 2.24) is 15.5 Å². The number of carbonyl (C=O) groups is 1. The molecular weight excluding hydrogens is 372 g/mol. The zero-order valence-electron chi connectivity index (χ0n) is 17.6. The van der Waals surface area contributed by atoms with Crippen LogP contribution in [0.3, 0.4) is 0 Å². The summed E-state index contributed by atoms with van der Waals surface area (Å²) in [4.78, 5) is 14.9. The quantitative estimate of drug-likeness (QED) is 0.694. The van der Waals surface area contributed by atoms with Gasteiger partial charge in [0.1, 0.15) is 0 Å². The number of aromatic nitrogens is 2. The Morgan fingerprint density at radius 2 is 1.87 bits per heavy atom. The molecule has 1 aliphatic heterocycles. The third-order valence-electron chi connectivity index (χ3n) is 5.67. The maximum atomic E-state index is 12.7. The molecular formula is C25H28N4O. The van der Waals surface area contributed by atoms with Gasteiger partial charge in [-0.15, -0.1) is 10.2 Å². The molecule has 1 N–H and O–H groups in total. The molecule has 0 aliphatic carbocycles. The van der Waals surface area contributed by atoms with E-state index < -0.39 is 0 Å². The van der Waals surface area contributed by atoms with E-state index in [2.05, 4.69) is 70.7 Å². The normalized spacial score (nSPS) is 16.3. The molecule has 1 amide bonds. The van der Waals surface area contributed by atoms with Crippen LogP contribution in [0.2, 0.25) is 0 Å². The van der Waals surface area contributed by atoms with Gasteiger partial charge < -0.3 is 10.2 Å². The van der Waals surface area contributed by atoms with Gasteiger partial charge in [-0.2, -0.15) is 0 Å². The van der Waals surface area contributed by atoms with Gasteiger partial charge in [0.05, 0.1) is 11.6 Å². The maximum absolute atomic E-state index is 12.7. The lowest BCUT2D eigenvalue weighted by molar-refractivity contribution is -0.125. The molecule has 1 saturated heterocycles. The molecule has 0 unspecified atom stereocenters. The summed E-state index contributed by atoms with van der Waals surface area (Å²) < 4.78 is 0. The van der Waals surface area contributed by atoms with Crippen molar-refractivity contribution in [2.75, 3.05) is 18.0 Å². The largest absolute Gasteiger partial charge is 0.354 e. The zero-order valence-corrected chi connectivity index (χ0v) is 17.6. The minimum absolute atomic E-state index is 0.0255. The highest BCUT2D eigenvalue weighted by molar-refractivity contribution is 5.79. The molecule has 0 bridgehead atoms. The summed E-state index contributed by atoms with van der Waals surface area (Å²) in [6, 6.07) is 20.6. The fourth-order valence-corrected chi connectivity index (χ4v) is 3.89. The minimum Gasteiger partial charge on any atom is -0.354 e. The van der Waals surface area contributed by atoms with Crippen molar-refractivity contribution in [3.63, 3.8) is 0 Å². The average Bonchev–Trinajstić information content (AvgIpc) is 2.79. The van der Waals surface area contributed by atoms with Gasteiger partial charge in [-0.3, -0.25) is 4.79 Å². The van der Waals surface area contributed by atoms with E-state index >= 15 is 0 Å². The molecule has 1 aliphatic rings. The number of benzene rings is 2. The first-order valence-electron chi connectivity index (χ1n) is 10.6. The van der Waals surface area contributed by atoms with Gasteiger partial charge in [0.25, 0.3) is 0 Å². The van der Waals surface area contributed by atoms with Crippen LogP contribution in [0.25, 0.3) is 11.3 Å². The Morgan fingerprint density at radius 1 is 1.03 bits per heavy atom. The van der Waals surface area contributed by atoms with Crippen molar-refractivity contribution in [2.45, 2.75) is 33.2 Å². The van der Waals surface area contributed by atoms with E-state index in [0.717, 1.165) is 42.0 Å². The van der Waals surface area contributed by atoms with Gasteiger partial charge in [0.15, 0.2) is 5.82 Å². The number of nitrogens with zero attached hydrogens (tertiary/aromatic N) is 3. The molecule has 30 heavy (non-hydrogen) atoms. The number of rotatable bonds is 5. The monoisotopic (exact) mass is 400 g/mol. The molecule has 5 heteroatoms. The Labute approximate surface area is 178 Å². The van der Waals surface area contributed by atoms with Gasteiger partial charge in [-0.1, -0.05) is 53.6 Å². The van der Waals surface area contributed by atoms with Crippen LogP contribution in [0.4, 0.5) is 5.82 Å². The van der Waals surface area contributed by atoms with E-state index in [1.54, 1.807) is 0 Å². The summed E-state index contributed by atoms with van der Waals surface area (Å²) in [5.74, 6) is 0.925. The number of nitrogens with one attached hydrogen (secondary N) is 1. The number of hydrogen-bond donors (Lipinski definition) is 1. The van der Waals surface area contributed by atoms with Crippen LogP contribution < -0.4 is 10.2 Å². The van der Waals surface area contributed by atoms with Crippen LogP contribution in [0.15, 0.2) is 60.7 Å². The smallest absolute Gasteiger partial charge is 0.225 e. The topological polar surface area (TPSA) is 58.1 Å². The van der Waals surface area contributed by atoms with Crippen molar-refractivity contribution in [3.8, 4) is 11.3 Å². The van der Waals surface area contributed by atoms with E-state index in [-0.39, 0.29) is 11.8 Å². The Hall–Kier alpha value is -3.21. The maximum Gasteiger partial charge on any atom is 0.225 e. The molecule has 1 aromatic heterocycles. The number of amides is 1.